The summed E-state index contributed by atoms with van der Waals surface area (Å²) in [6, 6.07) is 8.03. The lowest BCUT2D eigenvalue weighted by molar-refractivity contribution is 0.414. The Labute approximate surface area is 92.7 Å². The van der Waals surface area contributed by atoms with Gasteiger partial charge in [-0.1, -0.05) is 12.1 Å². The summed E-state index contributed by atoms with van der Waals surface area (Å²) in [6.07, 6.45) is 0.843. The highest BCUT2D eigenvalue weighted by Crippen LogP contribution is 2.16. The molecule has 15 heavy (non-hydrogen) atoms. The van der Waals surface area contributed by atoms with Crippen molar-refractivity contribution in [3.8, 4) is 5.75 Å². The Morgan fingerprint density at radius 1 is 1.20 bits per heavy atom. The van der Waals surface area contributed by atoms with Crippen LogP contribution in [-0.4, -0.2) is 17.3 Å². The van der Waals surface area contributed by atoms with Crippen molar-refractivity contribution >= 4 is 11.3 Å². The van der Waals surface area contributed by atoms with Crippen molar-refractivity contribution in [3.63, 3.8) is 0 Å². The van der Waals surface area contributed by atoms with Gasteiger partial charge in [-0.15, -0.1) is 21.5 Å². The number of methoxy groups -OCH3 is 1. The highest BCUT2D eigenvalue weighted by atomic mass is 32.1. The molecule has 0 saturated carbocycles. The highest BCUT2D eigenvalue weighted by Gasteiger charge is 2.02. The third kappa shape index (κ3) is 2.53. The van der Waals surface area contributed by atoms with E-state index >= 15 is 0 Å². The van der Waals surface area contributed by atoms with Gasteiger partial charge in [0.15, 0.2) is 0 Å². The van der Waals surface area contributed by atoms with Crippen LogP contribution in [0.4, 0.5) is 0 Å². The van der Waals surface area contributed by atoms with Gasteiger partial charge in [0.25, 0.3) is 0 Å². The van der Waals surface area contributed by atoms with Crippen LogP contribution in [-0.2, 0) is 6.42 Å². The molecule has 1 aromatic heterocycles. The second-order valence-corrected chi connectivity index (χ2v) is 4.51. The predicted octanol–water partition coefficient (Wildman–Crippen LogP) is 2.45. The Kier molecular flexibility index (Phi) is 2.97. The Balaban J connectivity index is 2.11. The van der Waals surface area contributed by atoms with Crippen molar-refractivity contribution in [1.82, 2.24) is 10.2 Å². The second kappa shape index (κ2) is 4.40. The molecular weight excluding hydrogens is 208 g/mol. The van der Waals surface area contributed by atoms with E-state index in [-0.39, 0.29) is 0 Å². The third-order valence-electron chi connectivity index (χ3n) is 2.08. The Hall–Kier alpha value is -1.42. The topological polar surface area (TPSA) is 35.0 Å². The number of rotatable bonds is 3. The minimum absolute atomic E-state index is 0.843. The molecule has 1 heterocycles. The van der Waals surface area contributed by atoms with Gasteiger partial charge in [-0.2, -0.15) is 0 Å². The van der Waals surface area contributed by atoms with Gasteiger partial charge in [0.1, 0.15) is 15.8 Å². The van der Waals surface area contributed by atoms with Crippen LogP contribution in [0.15, 0.2) is 24.3 Å². The van der Waals surface area contributed by atoms with E-state index in [2.05, 4.69) is 22.3 Å². The lowest BCUT2D eigenvalue weighted by Crippen LogP contribution is -1.88. The molecule has 0 amide bonds. The van der Waals surface area contributed by atoms with Gasteiger partial charge in [-0.05, 0) is 24.6 Å². The summed E-state index contributed by atoms with van der Waals surface area (Å²) in [5.41, 5.74) is 1.23. The van der Waals surface area contributed by atoms with Crippen molar-refractivity contribution in [1.29, 1.82) is 0 Å². The van der Waals surface area contributed by atoms with E-state index in [1.54, 1.807) is 18.4 Å². The molecule has 0 fully saturated rings. The van der Waals surface area contributed by atoms with Crippen LogP contribution >= 0.6 is 11.3 Å². The van der Waals surface area contributed by atoms with Gasteiger partial charge in [0.2, 0.25) is 0 Å². The van der Waals surface area contributed by atoms with Crippen LogP contribution in [0.3, 0.4) is 0 Å². The lowest BCUT2D eigenvalue weighted by atomic mass is 10.1. The van der Waals surface area contributed by atoms with Crippen LogP contribution in [0.5, 0.6) is 5.75 Å². The molecule has 0 aliphatic carbocycles. The van der Waals surface area contributed by atoms with Crippen molar-refractivity contribution < 1.29 is 4.74 Å². The summed E-state index contributed by atoms with van der Waals surface area (Å²) >= 11 is 1.64. The average Bonchev–Trinajstić information content (AvgIpc) is 2.65. The third-order valence-corrected chi connectivity index (χ3v) is 2.92. The summed E-state index contributed by atoms with van der Waals surface area (Å²) < 4.78 is 5.10. The van der Waals surface area contributed by atoms with Crippen LogP contribution in [0.1, 0.15) is 15.6 Å². The van der Waals surface area contributed by atoms with Crippen molar-refractivity contribution in [2.75, 3.05) is 7.11 Å². The summed E-state index contributed by atoms with van der Waals surface area (Å²) in [4.78, 5) is 0. The fraction of sp³-hybridized carbons (Fsp3) is 0.273. The Morgan fingerprint density at radius 3 is 2.47 bits per heavy atom. The van der Waals surface area contributed by atoms with Crippen molar-refractivity contribution in [2.45, 2.75) is 13.3 Å². The van der Waals surface area contributed by atoms with Gasteiger partial charge < -0.3 is 4.74 Å². The summed E-state index contributed by atoms with van der Waals surface area (Å²) in [5.74, 6) is 0.882. The Bertz CT molecular complexity index is 436. The first-order chi connectivity index (χ1) is 7.28. The van der Waals surface area contributed by atoms with Gasteiger partial charge in [-0.25, -0.2) is 0 Å². The lowest BCUT2D eigenvalue weighted by Gasteiger charge is -2.00. The monoisotopic (exact) mass is 220 g/mol. The first-order valence-corrected chi connectivity index (χ1v) is 5.51. The van der Waals surface area contributed by atoms with Gasteiger partial charge in [0, 0.05) is 6.42 Å². The number of hydrogen-bond donors (Lipinski definition) is 0. The standard InChI is InChI=1S/C11H12N2OS/c1-8-12-13-11(15-8)7-9-3-5-10(14-2)6-4-9/h3-6H,7H2,1-2H3. The highest BCUT2D eigenvalue weighted by molar-refractivity contribution is 7.11. The summed E-state index contributed by atoms with van der Waals surface area (Å²) in [6.45, 7) is 1.97. The van der Waals surface area contributed by atoms with E-state index in [9.17, 15) is 0 Å². The number of ether oxygens (including phenoxy) is 1. The van der Waals surface area contributed by atoms with Gasteiger partial charge >= 0.3 is 0 Å². The first-order valence-electron chi connectivity index (χ1n) is 4.70. The molecule has 0 N–H and O–H groups in total. The van der Waals surface area contributed by atoms with E-state index < -0.39 is 0 Å². The fourth-order valence-corrected chi connectivity index (χ4v) is 2.07. The number of aryl methyl sites for hydroxylation is 1. The van der Waals surface area contributed by atoms with E-state index in [1.807, 2.05) is 19.1 Å². The molecular formula is C11H12N2OS. The normalized spacial score (nSPS) is 10.3. The zero-order valence-electron chi connectivity index (χ0n) is 8.73. The SMILES string of the molecule is COc1ccc(Cc2nnc(C)s2)cc1. The van der Waals surface area contributed by atoms with Crippen molar-refractivity contribution in [2.24, 2.45) is 0 Å². The van der Waals surface area contributed by atoms with Crippen LogP contribution in [0.2, 0.25) is 0 Å². The number of benzene rings is 1. The quantitative estimate of drug-likeness (QED) is 0.797. The molecule has 1 aromatic carbocycles. The van der Waals surface area contributed by atoms with Gasteiger partial charge in [0.05, 0.1) is 7.11 Å². The molecule has 0 atom stereocenters. The van der Waals surface area contributed by atoms with Crippen molar-refractivity contribution in [3.05, 3.63) is 39.8 Å². The molecule has 0 aliphatic heterocycles. The maximum atomic E-state index is 5.10. The van der Waals surface area contributed by atoms with E-state index in [1.165, 1.54) is 5.56 Å². The summed E-state index contributed by atoms with van der Waals surface area (Å²) in [5, 5.41) is 10.1. The molecule has 2 rings (SSSR count). The number of hydrogen-bond acceptors (Lipinski definition) is 4. The van der Waals surface area contributed by atoms with E-state index in [4.69, 9.17) is 4.74 Å². The maximum absolute atomic E-state index is 5.10. The van der Waals surface area contributed by atoms with Crippen LogP contribution in [0, 0.1) is 6.92 Å². The maximum Gasteiger partial charge on any atom is 0.121 e. The second-order valence-electron chi connectivity index (χ2n) is 3.24. The Morgan fingerprint density at radius 2 is 1.93 bits per heavy atom. The summed E-state index contributed by atoms with van der Waals surface area (Å²) in [7, 11) is 1.67. The molecule has 0 aliphatic rings. The fourth-order valence-electron chi connectivity index (χ4n) is 1.33. The minimum atomic E-state index is 0.843. The van der Waals surface area contributed by atoms with Gasteiger partial charge in [-0.3, -0.25) is 0 Å². The largest absolute Gasteiger partial charge is 0.497 e. The average molecular weight is 220 g/mol. The molecule has 2 aromatic rings. The van der Waals surface area contributed by atoms with Crippen LogP contribution < -0.4 is 4.74 Å². The zero-order chi connectivity index (χ0) is 10.7. The zero-order valence-corrected chi connectivity index (χ0v) is 9.54. The molecule has 0 radical (unpaired) electrons. The van der Waals surface area contributed by atoms with Crippen LogP contribution in [0.25, 0.3) is 0 Å². The molecule has 0 saturated heterocycles. The molecule has 0 spiro atoms. The molecule has 78 valence electrons. The number of aromatic nitrogens is 2. The first kappa shape index (κ1) is 10.1. The smallest absolute Gasteiger partial charge is 0.121 e. The number of nitrogens with zero attached hydrogens (tertiary/aromatic N) is 2. The van der Waals surface area contributed by atoms with E-state index in [0.717, 1.165) is 22.2 Å². The molecule has 4 heteroatoms. The predicted molar refractivity (Wildman–Crippen MR) is 60.4 cm³/mol. The minimum Gasteiger partial charge on any atom is -0.497 e. The molecule has 0 unspecified atom stereocenters. The molecule has 0 bridgehead atoms. The molecule has 3 nitrogen and oxygen atoms in total. The van der Waals surface area contributed by atoms with E-state index in [0.29, 0.717) is 0 Å².